The number of amides is 1. The molecule has 0 saturated carbocycles. The highest BCUT2D eigenvalue weighted by Gasteiger charge is 2.31. The molecule has 1 aromatic heterocycles. The molecule has 7 nitrogen and oxygen atoms in total. The van der Waals surface area contributed by atoms with Crippen LogP contribution in [0.4, 0.5) is 0 Å². The summed E-state index contributed by atoms with van der Waals surface area (Å²) in [4.78, 5) is 13.9. The first-order chi connectivity index (χ1) is 10.6. The monoisotopic (exact) mass is 321 g/mol. The average molecular weight is 321 g/mol. The lowest BCUT2D eigenvalue weighted by Crippen LogP contribution is -2.50. The number of hydrogen-bond donors (Lipinski definition) is 0. The third-order valence-electron chi connectivity index (χ3n) is 3.56. The van der Waals surface area contributed by atoms with Crippen LogP contribution >= 0.6 is 0 Å². The van der Waals surface area contributed by atoms with Gasteiger partial charge in [-0.25, -0.2) is 8.42 Å². The number of aromatic nitrogens is 1. The summed E-state index contributed by atoms with van der Waals surface area (Å²) in [6.07, 6.45) is 1.41. The second-order valence-corrected chi connectivity index (χ2v) is 6.82. The van der Waals surface area contributed by atoms with Gasteiger partial charge in [-0.1, -0.05) is 23.4 Å². The fraction of sp³-hybridized carbons (Fsp3) is 0.286. The summed E-state index contributed by atoms with van der Waals surface area (Å²) in [5.41, 5.74) is 0. The van der Waals surface area contributed by atoms with Crippen LogP contribution in [0.3, 0.4) is 0 Å². The SMILES string of the molecule is O=C(c1ccno1)N1CCN(S(=O)(=O)c2ccccc2)CC1. The van der Waals surface area contributed by atoms with Crippen molar-refractivity contribution >= 4 is 15.9 Å². The Labute approximate surface area is 128 Å². The molecule has 2 heterocycles. The number of benzene rings is 1. The molecule has 2 aromatic rings. The van der Waals surface area contributed by atoms with Crippen LogP contribution in [0, 0.1) is 0 Å². The first-order valence-electron chi connectivity index (χ1n) is 6.84. The normalized spacial score (nSPS) is 16.6. The van der Waals surface area contributed by atoms with Crippen LogP contribution in [0.15, 0.2) is 52.0 Å². The lowest BCUT2D eigenvalue weighted by atomic mass is 10.3. The van der Waals surface area contributed by atoms with Gasteiger partial charge in [0.15, 0.2) is 0 Å². The molecule has 3 rings (SSSR count). The zero-order valence-corrected chi connectivity index (χ0v) is 12.6. The van der Waals surface area contributed by atoms with Crippen molar-refractivity contribution in [2.75, 3.05) is 26.2 Å². The summed E-state index contributed by atoms with van der Waals surface area (Å²) in [5, 5.41) is 3.50. The van der Waals surface area contributed by atoms with Crippen molar-refractivity contribution in [3.05, 3.63) is 48.4 Å². The van der Waals surface area contributed by atoms with Gasteiger partial charge in [0.25, 0.3) is 5.91 Å². The summed E-state index contributed by atoms with van der Waals surface area (Å²) in [5.74, 6) is -0.103. The van der Waals surface area contributed by atoms with E-state index in [2.05, 4.69) is 5.16 Å². The van der Waals surface area contributed by atoms with Gasteiger partial charge in [0, 0.05) is 32.2 Å². The fourth-order valence-corrected chi connectivity index (χ4v) is 3.80. The molecular formula is C14H15N3O4S. The Balaban J connectivity index is 1.68. The van der Waals surface area contributed by atoms with Crippen molar-refractivity contribution in [1.82, 2.24) is 14.4 Å². The molecule has 116 valence electrons. The van der Waals surface area contributed by atoms with Crippen molar-refractivity contribution < 1.29 is 17.7 Å². The van der Waals surface area contributed by atoms with E-state index in [9.17, 15) is 13.2 Å². The van der Waals surface area contributed by atoms with Gasteiger partial charge < -0.3 is 9.42 Å². The van der Waals surface area contributed by atoms with Crippen LogP contribution in [0.25, 0.3) is 0 Å². The predicted molar refractivity (Wildman–Crippen MR) is 77.6 cm³/mol. The summed E-state index contributed by atoms with van der Waals surface area (Å²) in [6.45, 7) is 1.17. The van der Waals surface area contributed by atoms with E-state index in [0.29, 0.717) is 13.1 Å². The van der Waals surface area contributed by atoms with E-state index in [0.717, 1.165) is 0 Å². The molecule has 1 amide bonds. The first-order valence-corrected chi connectivity index (χ1v) is 8.28. The third kappa shape index (κ3) is 2.75. The Morgan fingerprint density at radius 1 is 1.05 bits per heavy atom. The topological polar surface area (TPSA) is 83.7 Å². The van der Waals surface area contributed by atoms with Gasteiger partial charge in [0.1, 0.15) is 0 Å². The number of carbonyl (C=O) groups is 1. The molecular weight excluding hydrogens is 306 g/mol. The Morgan fingerprint density at radius 3 is 2.32 bits per heavy atom. The van der Waals surface area contributed by atoms with Crippen molar-refractivity contribution in [1.29, 1.82) is 0 Å². The molecule has 1 fully saturated rings. The number of hydrogen-bond acceptors (Lipinski definition) is 5. The molecule has 0 radical (unpaired) electrons. The van der Waals surface area contributed by atoms with Gasteiger partial charge >= 0.3 is 0 Å². The third-order valence-corrected chi connectivity index (χ3v) is 5.47. The summed E-state index contributed by atoms with van der Waals surface area (Å²) in [6, 6.07) is 9.79. The molecule has 0 aliphatic carbocycles. The standard InChI is InChI=1S/C14H15N3O4S/c18-14(13-6-7-15-21-13)16-8-10-17(11-9-16)22(19,20)12-4-2-1-3-5-12/h1-7H,8-11H2. The smallest absolute Gasteiger partial charge is 0.292 e. The van der Waals surface area contributed by atoms with E-state index < -0.39 is 10.0 Å². The van der Waals surface area contributed by atoms with Crippen LogP contribution in [0.2, 0.25) is 0 Å². The van der Waals surface area contributed by atoms with Gasteiger partial charge in [-0.3, -0.25) is 4.79 Å². The van der Waals surface area contributed by atoms with E-state index in [1.165, 1.54) is 16.6 Å². The van der Waals surface area contributed by atoms with Gasteiger partial charge in [-0.15, -0.1) is 0 Å². The van der Waals surface area contributed by atoms with Gasteiger partial charge in [0.2, 0.25) is 15.8 Å². The zero-order chi connectivity index (χ0) is 15.6. The number of carbonyl (C=O) groups excluding carboxylic acids is 1. The minimum absolute atomic E-state index is 0.166. The maximum Gasteiger partial charge on any atom is 0.292 e. The Morgan fingerprint density at radius 2 is 1.73 bits per heavy atom. The quantitative estimate of drug-likeness (QED) is 0.836. The van der Waals surface area contributed by atoms with Crippen molar-refractivity contribution in [2.45, 2.75) is 4.90 Å². The van der Waals surface area contributed by atoms with Crippen LogP contribution in [-0.4, -0.2) is 54.9 Å². The highest BCUT2D eigenvalue weighted by atomic mass is 32.2. The summed E-state index contributed by atoms with van der Waals surface area (Å²) >= 11 is 0. The van der Waals surface area contributed by atoms with Crippen LogP contribution in [0.5, 0.6) is 0 Å². The molecule has 22 heavy (non-hydrogen) atoms. The van der Waals surface area contributed by atoms with Crippen LogP contribution in [0.1, 0.15) is 10.6 Å². The van der Waals surface area contributed by atoms with E-state index in [-0.39, 0.29) is 29.7 Å². The number of sulfonamides is 1. The number of rotatable bonds is 3. The van der Waals surface area contributed by atoms with Gasteiger partial charge in [-0.05, 0) is 12.1 Å². The van der Waals surface area contributed by atoms with Crippen molar-refractivity contribution in [2.24, 2.45) is 0 Å². The molecule has 1 aliphatic rings. The molecule has 0 unspecified atom stereocenters. The van der Waals surface area contributed by atoms with E-state index in [1.54, 1.807) is 35.2 Å². The highest BCUT2D eigenvalue weighted by Crippen LogP contribution is 2.18. The Bertz CT molecular complexity index is 736. The van der Waals surface area contributed by atoms with Crippen molar-refractivity contribution in [3.63, 3.8) is 0 Å². The predicted octanol–water partition coefficient (Wildman–Crippen LogP) is 0.821. The summed E-state index contributed by atoms with van der Waals surface area (Å²) in [7, 11) is -3.51. The zero-order valence-electron chi connectivity index (χ0n) is 11.8. The number of piperazine rings is 1. The largest absolute Gasteiger partial charge is 0.351 e. The maximum absolute atomic E-state index is 12.5. The number of nitrogens with zero attached hydrogens (tertiary/aromatic N) is 3. The minimum atomic E-state index is -3.51. The second-order valence-electron chi connectivity index (χ2n) is 4.89. The lowest BCUT2D eigenvalue weighted by molar-refractivity contribution is 0.0656. The molecule has 0 spiro atoms. The molecule has 1 aliphatic heterocycles. The van der Waals surface area contributed by atoms with E-state index in [4.69, 9.17) is 4.52 Å². The van der Waals surface area contributed by atoms with Gasteiger partial charge in [-0.2, -0.15) is 4.31 Å². The Hall–Kier alpha value is -2.19. The highest BCUT2D eigenvalue weighted by molar-refractivity contribution is 7.89. The molecule has 1 saturated heterocycles. The molecule has 8 heteroatoms. The molecule has 0 bridgehead atoms. The Kier molecular flexibility index (Phi) is 3.95. The van der Waals surface area contributed by atoms with Crippen LogP contribution in [-0.2, 0) is 10.0 Å². The molecule has 0 N–H and O–H groups in total. The fourth-order valence-electron chi connectivity index (χ4n) is 2.36. The van der Waals surface area contributed by atoms with E-state index in [1.807, 2.05) is 0 Å². The molecule has 1 aromatic carbocycles. The lowest BCUT2D eigenvalue weighted by Gasteiger charge is -2.33. The molecule has 0 atom stereocenters. The minimum Gasteiger partial charge on any atom is -0.351 e. The second kappa shape index (κ2) is 5.90. The summed E-state index contributed by atoms with van der Waals surface area (Å²) < 4.78 is 31.2. The average Bonchev–Trinajstić information content (AvgIpc) is 3.09. The first kappa shape index (κ1) is 14.7. The van der Waals surface area contributed by atoms with Crippen LogP contribution < -0.4 is 0 Å². The van der Waals surface area contributed by atoms with Crippen molar-refractivity contribution in [3.8, 4) is 0 Å². The maximum atomic E-state index is 12.5. The van der Waals surface area contributed by atoms with E-state index >= 15 is 0 Å². The van der Waals surface area contributed by atoms with Gasteiger partial charge in [0.05, 0.1) is 11.1 Å².